The molecule has 7 nitrogen and oxygen atoms in total. The first-order valence-electron chi connectivity index (χ1n) is 12.4. The van der Waals surface area contributed by atoms with Crippen LogP contribution >= 0.6 is 11.6 Å². The monoisotopic (exact) mass is 599 g/mol. The maximum Gasteiger partial charge on any atom is 0.430 e. The van der Waals surface area contributed by atoms with Gasteiger partial charge < -0.3 is 24.3 Å². The number of halogens is 7. The van der Waals surface area contributed by atoms with Crippen LogP contribution in [0.15, 0.2) is 54.6 Å². The van der Waals surface area contributed by atoms with Crippen molar-refractivity contribution in [2.75, 3.05) is 13.2 Å². The molecule has 2 fully saturated rings. The molecule has 14 heteroatoms. The lowest BCUT2D eigenvalue weighted by atomic mass is 9.90. The first kappa shape index (κ1) is 27.8. The number of ether oxygens (including phenoxy) is 3. The van der Waals surface area contributed by atoms with Crippen molar-refractivity contribution in [1.29, 1.82) is 0 Å². The van der Waals surface area contributed by atoms with Crippen LogP contribution in [0, 0.1) is 0 Å². The van der Waals surface area contributed by atoms with Gasteiger partial charge in [-0.3, -0.25) is 0 Å². The highest BCUT2D eigenvalue weighted by atomic mass is 35.5. The van der Waals surface area contributed by atoms with Gasteiger partial charge in [0.05, 0.1) is 28.9 Å². The highest BCUT2D eigenvalue weighted by Crippen LogP contribution is 2.50. The zero-order chi connectivity index (χ0) is 29.2. The normalized spacial score (nSPS) is 21.4. The van der Waals surface area contributed by atoms with Gasteiger partial charge in [0.25, 0.3) is 11.6 Å². The van der Waals surface area contributed by atoms with E-state index in [1.54, 1.807) is 30.3 Å². The zero-order valence-electron chi connectivity index (χ0n) is 20.8. The largest absolute Gasteiger partial charge is 0.456 e. The highest BCUT2D eigenvalue weighted by Gasteiger charge is 2.71. The van der Waals surface area contributed by atoms with E-state index in [1.165, 1.54) is 0 Å². The average Bonchev–Trinajstić information content (AvgIpc) is 3.64. The fourth-order valence-electron chi connectivity index (χ4n) is 5.04. The van der Waals surface area contributed by atoms with Crippen molar-refractivity contribution < 1.29 is 45.7 Å². The Hall–Kier alpha value is -3.39. The van der Waals surface area contributed by atoms with Crippen molar-refractivity contribution in [3.05, 3.63) is 65.2 Å². The molecule has 3 atom stereocenters. The molecule has 0 bridgehead atoms. The van der Waals surface area contributed by atoms with Crippen molar-refractivity contribution in [1.82, 2.24) is 15.0 Å². The molecule has 0 spiro atoms. The lowest BCUT2D eigenvalue weighted by molar-refractivity contribution is -0.376. The lowest BCUT2D eigenvalue weighted by Gasteiger charge is -2.32. The Morgan fingerprint density at radius 1 is 0.878 bits per heavy atom. The summed E-state index contributed by atoms with van der Waals surface area (Å²) < 4.78 is 96.4. The minimum atomic E-state index is -5.96. The second kappa shape index (κ2) is 9.86. The Bertz CT molecular complexity index is 1560. The van der Waals surface area contributed by atoms with Crippen molar-refractivity contribution in [2.24, 2.45) is 0 Å². The third-order valence-electron chi connectivity index (χ3n) is 7.20. The molecule has 2 saturated heterocycles. The predicted octanol–water partition coefficient (Wildman–Crippen LogP) is 6.19. The van der Waals surface area contributed by atoms with Crippen molar-refractivity contribution in [3.63, 3.8) is 0 Å². The number of aromatic amines is 1. The molecule has 6 rings (SSSR count). The number of rotatable bonds is 5. The molecule has 2 aromatic carbocycles. The molecule has 0 saturated carbocycles. The number of hydrogen-bond donors (Lipinski definition) is 2. The second-order valence-electron chi connectivity index (χ2n) is 9.74. The van der Waals surface area contributed by atoms with Crippen LogP contribution in [0.5, 0.6) is 6.01 Å². The number of nitrogens with one attached hydrogen (secondary N) is 1. The van der Waals surface area contributed by atoms with Crippen LogP contribution in [0.4, 0.5) is 26.3 Å². The van der Waals surface area contributed by atoms with Gasteiger partial charge in [-0.25, -0.2) is 4.98 Å². The Balaban J connectivity index is 1.22. The molecular formula is C27H20ClF6N3O4. The minimum absolute atomic E-state index is 0.00692. The number of H-pyrrole nitrogens is 1. The maximum absolute atomic E-state index is 13.2. The predicted molar refractivity (Wildman–Crippen MR) is 134 cm³/mol. The molecule has 0 radical (unpaired) electrons. The molecule has 2 aliphatic rings. The van der Waals surface area contributed by atoms with E-state index in [0.29, 0.717) is 63.9 Å². The molecule has 0 amide bonds. The van der Waals surface area contributed by atoms with Crippen LogP contribution in [0.25, 0.3) is 33.5 Å². The summed E-state index contributed by atoms with van der Waals surface area (Å²) in [5.41, 5.74) is -3.59. The van der Waals surface area contributed by atoms with Gasteiger partial charge in [-0.1, -0.05) is 60.1 Å². The second-order valence-corrected chi connectivity index (χ2v) is 10.2. The number of nitrogens with zero attached hydrogens (tertiary/aromatic N) is 2. The van der Waals surface area contributed by atoms with Crippen molar-refractivity contribution >= 4 is 22.8 Å². The van der Waals surface area contributed by atoms with Crippen LogP contribution in [0.3, 0.4) is 0 Å². The van der Waals surface area contributed by atoms with E-state index >= 15 is 0 Å². The van der Waals surface area contributed by atoms with E-state index in [0.717, 1.165) is 18.6 Å². The molecule has 2 aliphatic heterocycles. The molecule has 41 heavy (non-hydrogen) atoms. The number of fused-ring (bicyclic) bond motifs is 2. The lowest BCUT2D eigenvalue weighted by Crippen LogP contribution is -2.53. The number of hydrogen-bond acceptors (Lipinski definition) is 6. The van der Waals surface area contributed by atoms with Crippen molar-refractivity contribution in [2.45, 2.75) is 42.7 Å². The van der Waals surface area contributed by atoms with E-state index in [-0.39, 0.29) is 24.3 Å². The maximum atomic E-state index is 13.2. The number of benzene rings is 2. The van der Waals surface area contributed by atoms with E-state index in [2.05, 4.69) is 15.0 Å². The molecule has 1 unspecified atom stereocenters. The van der Waals surface area contributed by atoms with E-state index < -0.39 is 23.5 Å². The summed E-state index contributed by atoms with van der Waals surface area (Å²) in [5.74, 6) is 0. The molecule has 4 heterocycles. The van der Waals surface area contributed by atoms with Crippen molar-refractivity contribution in [3.8, 4) is 28.4 Å². The number of imidazole rings is 1. The molecule has 2 N–H and O–H groups in total. The summed E-state index contributed by atoms with van der Waals surface area (Å²) in [6, 6.07) is 11.8. The van der Waals surface area contributed by atoms with Gasteiger partial charge in [0.2, 0.25) is 0 Å². The number of pyridine rings is 1. The minimum Gasteiger partial charge on any atom is -0.456 e. The third-order valence-corrected chi connectivity index (χ3v) is 7.49. The van der Waals surface area contributed by atoms with Crippen LogP contribution in [-0.2, 0) is 15.1 Å². The summed E-state index contributed by atoms with van der Waals surface area (Å²) in [5, 5.41) is 9.91. The van der Waals surface area contributed by atoms with Gasteiger partial charge in [0.1, 0.15) is 6.10 Å². The van der Waals surface area contributed by atoms with Gasteiger partial charge >= 0.3 is 12.4 Å². The molecular weight excluding hydrogens is 580 g/mol. The van der Waals surface area contributed by atoms with E-state index in [9.17, 15) is 31.4 Å². The standard InChI is InChI=1S/C27H20ClF6N3O4/c28-17-11-18-23(37-24(35-18)41-20-12-40-19-9-10-39-22(19)20)36-21(17)15-3-1-13(2-4-15)14-5-7-16(8-6-14)25(38,26(29,30)31)27(32,33)34/h1-8,11,19-20,22,38H,9-10,12H2,(H,35,36,37)/t19-,20?,22+/m1/s1. The molecule has 4 aromatic rings. The first-order valence-corrected chi connectivity index (χ1v) is 12.8. The van der Waals surface area contributed by atoms with Crippen LogP contribution in [-0.4, -0.2) is 63.9 Å². The van der Waals surface area contributed by atoms with Crippen LogP contribution in [0.2, 0.25) is 5.02 Å². The fraction of sp³-hybridized carbons (Fsp3) is 0.333. The van der Waals surface area contributed by atoms with Gasteiger partial charge in [-0.2, -0.15) is 31.3 Å². The summed E-state index contributed by atoms with van der Waals surface area (Å²) in [6.45, 7) is 0.992. The summed E-state index contributed by atoms with van der Waals surface area (Å²) in [6.07, 6.45) is -11.6. The number of aromatic nitrogens is 3. The van der Waals surface area contributed by atoms with E-state index in [4.69, 9.17) is 25.8 Å². The third kappa shape index (κ3) is 4.80. The molecule has 216 valence electrons. The number of alkyl halides is 6. The fourth-order valence-corrected chi connectivity index (χ4v) is 5.30. The Morgan fingerprint density at radius 3 is 2.12 bits per heavy atom. The smallest absolute Gasteiger partial charge is 0.430 e. The Labute approximate surface area is 233 Å². The quantitative estimate of drug-likeness (QED) is 0.266. The van der Waals surface area contributed by atoms with Gasteiger partial charge in [-0.15, -0.1) is 0 Å². The average molecular weight is 600 g/mol. The SMILES string of the molecule is OC(c1ccc(-c2ccc(-c3nc4nc(OC5CO[C@@H]6CCO[C@H]56)[nH]c4cc3Cl)cc2)cc1)(C(F)(F)F)C(F)(F)F. The first-order chi connectivity index (χ1) is 19.3. The zero-order valence-corrected chi connectivity index (χ0v) is 21.5. The van der Waals surface area contributed by atoms with Gasteiger partial charge in [0.15, 0.2) is 11.8 Å². The highest BCUT2D eigenvalue weighted by molar-refractivity contribution is 6.33. The topological polar surface area (TPSA) is 89.5 Å². The molecule has 0 aliphatic carbocycles. The molecule has 2 aromatic heterocycles. The van der Waals surface area contributed by atoms with Crippen LogP contribution < -0.4 is 4.74 Å². The summed E-state index contributed by atoms with van der Waals surface area (Å²) in [7, 11) is 0. The Kier molecular flexibility index (Phi) is 6.68. The van der Waals surface area contributed by atoms with Gasteiger partial charge in [-0.05, 0) is 23.6 Å². The van der Waals surface area contributed by atoms with Gasteiger partial charge in [0, 0.05) is 17.7 Å². The van der Waals surface area contributed by atoms with E-state index in [1.807, 2.05) is 0 Å². The summed E-state index contributed by atoms with van der Waals surface area (Å²) >= 11 is 6.48. The summed E-state index contributed by atoms with van der Waals surface area (Å²) in [4.78, 5) is 12.0. The number of aliphatic hydroxyl groups is 1. The van der Waals surface area contributed by atoms with Crippen LogP contribution in [0.1, 0.15) is 12.0 Å². The Morgan fingerprint density at radius 2 is 1.49 bits per heavy atom.